The molecule has 2 aliphatic rings. The van der Waals surface area contributed by atoms with Crippen molar-refractivity contribution in [3.8, 4) is 0 Å². The number of benzene rings is 1. The van der Waals surface area contributed by atoms with Gasteiger partial charge < -0.3 is 5.32 Å². The molecule has 0 aliphatic heterocycles. The molecule has 1 N–H and O–H groups in total. The Morgan fingerprint density at radius 3 is 2.59 bits per heavy atom. The summed E-state index contributed by atoms with van der Waals surface area (Å²) in [4.78, 5) is 0. The first-order chi connectivity index (χ1) is 8.43. The van der Waals surface area contributed by atoms with E-state index in [0.29, 0.717) is 0 Å². The molecule has 2 aliphatic carbocycles. The van der Waals surface area contributed by atoms with Gasteiger partial charge in [0, 0.05) is 6.04 Å². The Morgan fingerprint density at radius 1 is 1.06 bits per heavy atom. The number of aryl methyl sites for hydroxylation is 1. The lowest BCUT2D eigenvalue weighted by Gasteiger charge is -2.28. The van der Waals surface area contributed by atoms with Crippen LogP contribution in [0.4, 0.5) is 0 Å². The topological polar surface area (TPSA) is 12.0 Å². The summed E-state index contributed by atoms with van der Waals surface area (Å²) in [7, 11) is 0. The fourth-order valence-electron chi connectivity index (χ4n) is 2.75. The van der Waals surface area contributed by atoms with Crippen LogP contribution in [0, 0.1) is 0 Å². The molecule has 0 aromatic heterocycles. The normalized spacial score (nSPS) is 20.2. The number of nitrogens with one attached hydrogen (secondary N) is 1. The van der Waals surface area contributed by atoms with E-state index in [2.05, 4.69) is 29.6 Å². The minimum absolute atomic E-state index is 0.858. The van der Waals surface area contributed by atoms with Crippen LogP contribution in [0.25, 0.3) is 0 Å². The zero-order chi connectivity index (χ0) is 11.5. The van der Waals surface area contributed by atoms with Crippen molar-refractivity contribution in [2.75, 3.05) is 6.54 Å². The van der Waals surface area contributed by atoms with Crippen molar-refractivity contribution in [3.63, 3.8) is 0 Å². The van der Waals surface area contributed by atoms with Crippen molar-refractivity contribution in [2.24, 2.45) is 0 Å². The predicted octanol–water partition coefficient (Wildman–Crippen LogP) is 3.64. The van der Waals surface area contributed by atoms with Crippen LogP contribution >= 0.6 is 0 Å². The molecule has 0 amide bonds. The lowest BCUT2D eigenvalue weighted by molar-refractivity contribution is 0.417. The summed E-state index contributed by atoms with van der Waals surface area (Å²) >= 11 is 0. The molecule has 3 rings (SSSR count). The van der Waals surface area contributed by atoms with Crippen molar-refractivity contribution in [2.45, 2.75) is 56.9 Å². The molecule has 1 aromatic rings. The van der Waals surface area contributed by atoms with Crippen LogP contribution in [0.5, 0.6) is 0 Å². The molecule has 17 heavy (non-hydrogen) atoms. The fourth-order valence-corrected chi connectivity index (χ4v) is 2.75. The van der Waals surface area contributed by atoms with E-state index in [1.165, 1.54) is 51.5 Å². The lowest BCUT2D eigenvalue weighted by atomic mass is 9.77. The molecule has 0 bridgehead atoms. The maximum absolute atomic E-state index is 3.60. The Balaban J connectivity index is 1.53. The molecule has 2 saturated carbocycles. The molecule has 1 heteroatoms. The van der Waals surface area contributed by atoms with Gasteiger partial charge in [-0.15, -0.1) is 0 Å². The predicted molar refractivity (Wildman–Crippen MR) is 72.4 cm³/mol. The first-order valence-corrected chi connectivity index (χ1v) is 7.24. The van der Waals surface area contributed by atoms with Crippen LogP contribution in [-0.2, 0) is 6.42 Å². The SMILES string of the molecule is c1ccc(C2CCC2)c(CCCNC2CC2)c1. The quantitative estimate of drug-likeness (QED) is 0.734. The van der Waals surface area contributed by atoms with Crippen LogP contribution in [0.2, 0.25) is 0 Å². The molecular formula is C16H23N. The lowest BCUT2D eigenvalue weighted by Crippen LogP contribution is -2.18. The molecule has 92 valence electrons. The Hall–Kier alpha value is -0.820. The van der Waals surface area contributed by atoms with Crippen molar-refractivity contribution in [3.05, 3.63) is 35.4 Å². The zero-order valence-corrected chi connectivity index (χ0v) is 10.6. The second-order valence-corrected chi connectivity index (χ2v) is 5.66. The minimum Gasteiger partial charge on any atom is -0.314 e. The number of hydrogen-bond acceptors (Lipinski definition) is 1. The van der Waals surface area contributed by atoms with Gasteiger partial charge in [0.1, 0.15) is 0 Å². The summed E-state index contributed by atoms with van der Waals surface area (Å²) in [6.45, 7) is 1.20. The summed E-state index contributed by atoms with van der Waals surface area (Å²) < 4.78 is 0. The second kappa shape index (κ2) is 5.22. The van der Waals surface area contributed by atoms with Crippen LogP contribution in [-0.4, -0.2) is 12.6 Å². The third kappa shape index (κ3) is 2.90. The van der Waals surface area contributed by atoms with Gasteiger partial charge in [0.25, 0.3) is 0 Å². The van der Waals surface area contributed by atoms with Gasteiger partial charge >= 0.3 is 0 Å². The third-order valence-corrected chi connectivity index (χ3v) is 4.23. The van der Waals surface area contributed by atoms with Crippen molar-refractivity contribution in [1.29, 1.82) is 0 Å². The Bertz CT molecular complexity index is 364. The number of rotatable bonds is 6. The smallest absolute Gasteiger partial charge is 0.00682 e. The van der Waals surface area contributed by atoms with Gasteiger partial charge in [-0.25, -0.2) is 0 Å². The van der Waals surface area contributed by atoms with Crippen LogP contribution < -0.4 is 5.32 Å². The maximum atomic E-state index is 3.60. The minimum atomic E-state index is 0.858. The van der Waals surface area contributed by atoms with Crippen LogP contribution in [0.3, 0.4) is 0 Å². The van der Waals surface area contributed by atoms with E-state index in [0.717, 1.165) is 12.0 Å². The average molecular weight is 229 g/mol. The van der Waals surface area contributed by atoms with E-state index in [1.54, 1.807) is 11.1 Å². The van der Waals surface area contributed by atoms with E-state index in [-0.39, 0.29) is 0 Å². The van der Waals surface area contributed by atoms with Gasteiger partial charge in [-0.05, 0) is 62.1 Å². The van der Waals surface area contributed by atoms with E-state index < -0.39 is 0 Å². The summed E-state index contributed by atoms with van der Waals surface area (Å²) in [6, 6.07) is 9.96. The van der Waals surface area contributed by atoms with Crippen LogP contribution in [0.1, 0.15) is 55.6 Å². The van der Waals surface area contributed by atoms with Gasteiger partial charge in [0.05, 0.1) is 0 Å². The summed E-state index contributed by atoms with van der Waals surface area (Å²) in [6.07, 6.45) is 9.61. The largest absolute Gasteiger partial charge is 0.314 e. The van der Waals surface area contributed by atoms with E-state index in [9.17, 15) is 0 Å². The molecule has 0 radical (unpaired) electrons. The first kappa shape index (κ1) is 11.3. The highest BCUT2D eigenvalue weighted by Gasteiger charge is 2.22. The highest BCUT2D eigenvalue weighted by atomic mass is 14.9. The Labute approximate surface area is 105 Å². The second-order valence-electron chi connectivity index (χ2n) is 5.66. The summed E-state index contributed by atoms with van der Waals surface area (Å²) in [5.41, 5.74) is 3.25. The highest BCUT2D eigenvalue weighted by Crippen LogP contribution is 2.38. The third-order valence-electron chi connectivity index (χ3n) is 4.23. The van der Waals surface area contributed by atoms with Crippen molar-refractivity contribution in [1.82, 2.24) is 5.32 Å². The van der Waals surface area contributed by atoms with E-state index >= 15 is 0 Å². The first-order valence-electron chi connectivity index (χ1n) is 7.24. The zero-order valence-electron chi connectivity index (χ0n) is 10.6. The average Bonchev–Trinajstić information content (AvgIpc) is 3.08. The molecule has 1 aromatic carbocycles. The molecular weight excluding hydrogens is 206 g/mol. The van der Waals surface area contributed by atoms with Crippen LogP contribution in [0.15, 0.2) is 24.3 Å². The van der Waals surface area contributed by atoms with Crippen molar-refractivity contribution >= 4 is 0 Å². The van der Waals surface area contributed by atoms with Gasteiger partial charge in [-0.1, -0.05) is 30.7 Å². The summed E-state index contributed by atoms with van der Waals surface area (Å²) in [5, 5.41) is 3.60. The van der Waals surface area contributed by atoms with Gasteiger partial charge in [0.15, 0.2) is 0 Å². The Morgan fingerprint density at radius 2 is 1.88 bits per heavy atom. The molecule has 2 fully saturated rings. The van der Waals surface area contributed by atoms with E-state index in [4.69, 9.17) is 0 Å². The van der Waals surface area contributed by atoms with Crippen molar-refractivity contribution < 1.29 is 0 Å². The monoisotopic (exact) mass is 229 g/mol. The molecule has 0 atom stereocenters. The maximum Gasteiger partial charge on any atom is 0.00682 e. The molecule has 0 heterocycles. The fraction of sp³-hybridized carbons (Fsp3) is 0.625. The van der Waals surface area contributed by atoms with Gasteiger partial charge in [0.2, 0.25) is 0 Å². The molecule has 0 saturated heterocycles. The highest BCUT2D eigenvalue weighted by molar-refractivity contribution is 5.31. The molecule has 0 spiro atoms. The number of hydrogen-bond donors (Lipinski definition) is 1. The molecule has 1 nitrogen and oxygen atoms in total. The summed E-state index contributed by atoms with van der Waals surface area (Å²) in [5.74, 6) is 0.877. The van der Waals surface area contributed by atoms with Gasteiger partial charge in [-0.2, -0.15) is 0 Å². The standard InChI is InChI=1S/C16H23N/c1-2-9-16(14-6-3-7-14)13(5-1)8-4-12-17-15-10-11-15/h1-2,5,9,14-15,17H,3-4,6-8,10-12H2. The van der Waals surface area contributed by atoms with E-state index in [1.807, 2.05) is 0 Å². The van der Waals surface area contributed by atoms with Gasteiger partial charge in [-0.3, -0.25) is 0 Å². The molecule has 0 unspecified atom stereocenters. The Kier molecular flexibility index (Phi) is 3.46.